The SMILES string of the molecule is Cc1ccc(NC(=O)CCCN)cc1-n1cnnn1.Cl. The molecule has 0 aliphatic rings. The summed E-state index contributed by atoms with van der Waals surface area (Å²) in [6, 6.07) is 5.60. The van der Waals surface area contributed by atoms with E-state index in [0.717, 1.165) is 16.9 Å². The van der Waals surface area contributed by atoms with Gasteiger partial charge in [0.15, 0.2) is 0 Å². The van der Waals surface area contributed by atoms with Crippen molar-refractivity contribution in [2.75, 3.05) is 11.9 Å². The highest BCUT2D eigenvalue weighted by molar-refractivity contribution is 5.91. The van der Waals surface area contributed by atoms with E-state index in [1.807, 2.05) is 25.1 Å². The van der Waals surface area contributed by atoms with Crippen LogP contribution in [0.5, 0.6) is 0 Å². The molecule has 8 heteroatoms. The van der Waals surface area contributed by atoms with Crippen molar-refractivity contribution in [1.29, 1.82) is 0 Å². The molecule has 0 bridgehead atoms. The van der Waals surface area contributed by atoms with E-state index in [1.54, 1.807) is 4.68 Å². The van der Waals surface area contributed by atoms with Crippen molar-refractivity contribution in [3.05, 3.63) is 30.1 Å². The number of anilines is 1. The van der Waals surface area contributed by atoms with Crippen molar-refractivity contribution in [1.82, 2.24) is 20.2 Å². The molecule has 1 aromatic heterocycles. The lowest BCUT2D eigenvalue weighted by Gasteiger charge is -2.09. The molecule has 7 nitrogen and oxygen atoms in total. The number of hydrogen-bond acceptors (Lipinski definition) is 5. The van der Waals surface area contributed by atoms with Crippen molar-refractivity contribution in [2.24, 2.45) is 5.73 Å². The number of nitrogens with zero attached hydrogens (tertiary/aromatic N) is 4. The van der Waals surface area contributed by atoms with Gasteiger partial charge < -0.3 is 11.1 Å². The van der Waals surface area contributed by atoms with Crippen LogP contribution in [0, 0.1) is 6.92 Å². The van der Waals surface area contributed by atoms with E-state index >= 15 is 0 Å². The number of carbonyl (C=O) groups is 1. The molecule has 2 aromatic rings. The van der Waals surface area contributed by atoms with Crippen LogP contribution < -0.4 is 11.1 Å². The van der Waals surface area contributed by atoms with Crippen molar-refractivity contribution in [3.63, 3.8) is 0 Å². The van der Waals surface area contributed by atoms with Crippen LogP contribution in [0.3, 0.4) is 0 Å². The fourth-order valence-electron chi connectivity index (χ4n) is 1.69. The van der Waals surface area contributed by atoms with E-state index < -0.39 is 0 Å². The standard InChI is InChI=1S/C12H16N6O.ClH/c1-9-4-5-10(15-12(19)3-2-6-13)7-11(9)18-8-14-16-17-18;/h4-5,7-8H,2-3,6,13H2,1H3,(H,15,19);1H. The van der Waals surface area contributed by atoms with E-state index in [1.165, 1.54) is 6.33 Å². The molecule has 20 heavy (non-hydrogen) atoms. The second-order valence-electron chi connectivity index (χ2n) is 4.20. The van der Waals surface area contributed by atoms with Crippen molar-refractivity contribution in [2.45, 2.75) is 19.8 Å². The van der Waals surface area contributed by atoms with Gasteiger partial charge in [0.2, 0.25) is 5.91 Å². The molecule has 2 rings (SSSR count). The van der Waals surface area contributed by atoms with Crippen LogP contribution in [-0.2, 0) is 4.79 Å². The number of rotatable bonds is 5. The maximum Gasteiger partial charge on any atom is 0.224 e. The maximum absolute atomic E-state index is 11.6. The van der Waals surface area contributed by atoms with Crippen molar-refractivity contribution < 1.29 is 4.79 Å². The molecule has 0 saturated carbocycles. The predicted octanol–water partition coefficient (Wildman–Crippen LogP) is 1.07. The Bertz CT molecular complexity index is 557. The Morgan fingerprint density at radius 2 is 2.25 bits per heavy atom. The minimum atomic E-state index is -0.0445. The summed E-state index contributed by atoms with van der Waals surface area (Å²) in [6.07, 6.45) is 2.62. The molecule has 0 aliphatic carbocycles. The van der Waals surface area contributed by atoms with Crippen LogP contribution in [0.4, 0.5) is 5.69 Å². The first-order valence-electron chi connectivity index (χ1n) is 6.04. The third kappa shape index (κ3) is 4.01. The lowest BCUT2D eigenvalue weighted by atomic mass is 10.1. The van der Waals surface area contributed by atoms with Crippen LogP contribution in [-0.4, -0.2) is 32.7 Å². The summed E-state index contributed by atoms with van der Waals surface area (Å²) in [6.45, 7) is 2.47. The number of benzene rings is 1. The molecular weight excluding hydrogens is 280 g/mol. The molecule has 0 aliphatic heterocycles. The minimum absolute atomic E-state index is 0. The van der Waals surface area contributed by atoms with Gasteiger partial charge in [-0.15, -0.1) is 17.5 Å². The summed E-state index contributed by atoms with van der Waals surface area (Å²) in [5, 5.41) is 13.9. The Hall–Kier alpha value is -1.99. The van der Waals surface area contributed by atoms with Crippen LogP contribution in [0.15, 0.2) is 24.5 Å². The highest BCUT2D eigenvalue weighted by Crippen LogP contribution is 2.18. The van der Waals surface area contributed by atoms with E-state index in [9.17, 15) is 4.79 Å². The molecule has 0 spiro atoms. The molecule has 1 aromatic carbocycles. The van der Waals surface area contributed by atoms with Gasteiger partial charge in [-0.25, -0.2) is 4.68 Å². The molecule has 1 amide bonds. The molecule has 0 saturated heterocycles. The monoisotopic (exact) mass is 296 g/mol. The lowest BCUT2D eigenvalue weighted by Crippen LogP contribution is -2.13. The first-order valence-corrected chi connectivity index (χ1v) is 6.04. The maximum atomic E-state index is 11.6. The molecular formula is C12H17ClN6O. The molecule has 0 fully saturated rings. The number of aryl methyl sites for hydroxylation is 1. The van der Waals surface area contributed by atoms with Crippen LogP contribution in [0.25, 0.3) is 5.69 Å². The summed E-state index contributed by atoms with van der Waals surface area (Å²) in [5.74, 6) is -0.0445. The van der Waals surface area contributed by atoms with Crippen LogP contribution in [0.1, 0.15) is 18.4 Å². The third-order valence-corrected chi connectivity index (χ3v) is 2.70. The summed E-state index contributed by atoms with van der Waals surface area (Å²) < 4.78 is 1.56. The van der Waals surface area contributed by atoms with E-state index in [4.69, 9.17) is 5.73 Å². The Morgan fingerprint density at radius 3 is 2.90 bits per heavy atom. The second kappa shape index (κ2) is 7.56. The number of amides is 1. The zero-order chi connectivity index (χ0) is 13.7. The normalized spacial score (nSPS) is 9.90. The average Bonchev–Trinajstić information content (AvgIpc) is 2.92. The number of halogens is 1. The van der Waals surface area contributed by atoms with E-state index in [-0.39, 0.29) is 18.3 Å². The fraction of sp³-hybridized carbons (Fsp3) is 0.333. The number of carbonyl (C=O) groups excluding carboxylic acids is 1. The van der Waals surface area contributed by atoms with Gasteiger partial charge in [0.25, 0.3) is 0 Å². The highest BCUT2D eigenvalue weighted by Gasteiger charge is 2.06. The lowest BCUT2D eigenvalue weighted by molar-refractivity contribution is -0.116. The number of nitrogens with two attached hydrogens (primary N) is 1. The van der Waals surface area contributed by atoms with Gasteiger partial charge in [0, 0.05) is 12.1 Å². The third-order valence-electron chi connectivity index (χ3n) is 2.70. The summed E-state index contributed by atoms with van der Waals surface area (Å²) in [5.41, 5.74) is 7.95. The molecule has 1 heterocycles. The number of hydrogen-bond donors (Lipinski definition) is 2. The van der Waals surface area contributed by atoms with Gasteiger partial charge in [0.05, 0.1) is 5.69 Å². The molecule has 0 atom stereocenters. The van der Waals surface area contributed by atoms with Gasteiger partial charge in [0.1, 0.15) is 6.33 Å². The second-order valence-corrected chi connectivity index (χ2v) is 4.20. The van der Waals surface area contributed by atoms with Crippen molar-refractivity contribution in [3.8, 4) is 5.69 Å². The largest absolute Gasteiger partial charge is 0.330 e. The Labute approximate surface area is 123 Å². The molecule has 108 valence electrons. The van der Waals surface area contributed by atoms with E-state index in [2.05, 4.69) is 20.8 Å². The smallest absolute Gasteiger partial charge is 0.224 e. The zero-order valence-electron chi connectivity index (χ0n) is 11.1. The van der Waals surface area contributed by atoms with Crippen LogP contribution in [0.2, 0.25) is 0 Å². The average molecular weight is 297 g/mol. The number of aromatic nitrogens is 4. The topological polar surface area (TPSA) is 98.7 Å². The predicted molar refractivity (Wildman–Crippen MR) is 78.1 cm³/mol. The summed E-state index contributed by atoms with van der Waals surface area (Å²) in [7, 11) is 0. The van der Waals surface area contributed by atoms with Gasteiger partial charge in [-0.05, 0) is 48.0 Å². The number of tetrazole rings is 1. The van der Waals surface area contributed by atoms with Crippen LogP contribution >= 0.6 is 12.4 Å². The van der Waals surface area contributed by atoms with Gasteiger partial charge >= 0.3 is 0 Å². The zero-order valence-corrected chi connectivity index (χ0v) is 11.9. The molecule has 0 unspecified atom stereocenters. The first-order chi connectivity index (χ1) is 9.20. The van der Waals surface area contributed by atoms with Gasteiger partial charge in [-0.2, -0.15) is 0 Å². The fourth-order valence-corrected chi connectivity index (χ4v) is 1.69. The first kappa shape index (κ1) is 16.1. The summed E-state index contributed by atoms with van der Waals surface area (Å²) in [4.78, 5) is 11.6. The quantitative estimate of drug-likeness (QED) is 0.860. The van der Waals surface area contributed by atoms with E-state index in [0.29, 0.717) is 19.4 Å². The number of nitrogens with one attached hydrogen (secondary N) is 1. The van der Waals surface area contributed by atoms with Gasteiger partial charge in [-0.3, -0.25) is 4.79 Å². The molecule has 3 N–H and O–H groups in total. The Morgan fingerprint density at radius 1 is 1.45 bits per heavy atom. The van der Waals surface area contributed by atoms with Gasteiger partial charge in [-0.1, -0.05) is 6.07 Å². The highest BCUT2D eigenvalue weighted by atomic mass is 35.5. The van der Waals surface area contributed by atoms with Crippen molar-refractivity contribution >= 4 is 24.0 Å². The summed E-state index contributed by atoms with van der Waals surface area (Å²) >= 11 is 0. The Kier molecular flexibility index (Phi) is 6.08. The Balaban J connectivity index is 0.00000200. The molecule has 0 radical (unpaired) electrons. The minimum Gasteiger partial charge on any atom is -0.330 e.